The Balaban J connectivity index is 2.70. The van der Waals surface area contributed by atoms with Crippen molar-refractivity contribution in [2.45, 2.75) is 18.7 Å². The van der Waals surface area contributed by atoms with Crippen LogP contribution in [-0.4, -0.2) is 14.3 Å². The van der Waals surface area contributed by atoms with Crippen molar-refractivity contribution in [2.75, 3.05) is 5.32 Å². The fourth-order valence-electron chi connectivity index (χ4n) is 1.79. The van der Waals surface area contributed by atoms with E-state index in [0.29, 0.717) is 16.8 Å². The van der Waals surface area contributed by atoms with Crippen molar-refractivity contribution < 1.29 is 13.2 Å². The number of nitrogens with one attached hydrogen (secondary N) is 1. The number of halogens is 1. The predicted octanol–water partition coefficient (Wildman–Crippen LogP) is 2.36. The van der Waals surface area contributed by atoms with Crippen molar-refractivity contribution in [2.24, 2.45) is 0 Å². The fourth-order valence-corrected chi connectivity index (χ4v) is 2.57. The van der Waals surface area contributed by atoms with Crippen LogP contribution < -0.4 is 5.32 Å². The molecule has 4 nitrogen and oxygen atoms in total. The van der Waals surface area contributed by atoms with Gasteiger partial charge in [0.05, 0.1) is 4.90 Å². The van der Waals surface area contributed by atoms with Crippen molar-refractivity contribution in [3.05, 3.63) is 29.3 Å². The van der Waals surface area contributed by atoms with Crippen molar-refractivity contribution in [3.8, 4) is 0 Å². The van der Waals surface area contributed by atoms with E-state index < -0.39 is 9.05 Å². The molecule has 0 unspecified atom stereocenters. The summed E-state index contributed by atoms with van der Waals surface area (Å²) >= 11 is 0. The molecule has 2 rings (SSSR count). The van der Waals surface area contributed by atoms with Gasteiger partial charge in [0.2, 0.25) is 0 Å². The highest BCUT2D eigenvalue weighted by atomic mass is 35.7. The van der Waals surface area contributed by atoms with E-state index in [0.717, 1.165) is 5.57 Å². The zero-order chi connectivity index (χ0) is 12.8. The molecule has 0 atom stereocenters. The Morgan fingerprint density at radius 1 is 1.29 bits per heavy atom. The van der Waals surface area contributed by atoms with Crippen LogP contribution in [0.15, 0.2) is 28.7 Å². The molecule has 0 saturated carbocycles. The van der Waals surface area contributed by atoms with Gasteiger partial charge in [-0.25, -0.2) is 8.42 Å². The first-order valence-electron chi connectivity index (χ1n) is 4.88. The molecule has 0 fully saturated rings. The molecule has 1 heterocycles. The summed E-state index contributed by atoms with van der Waals surface area (Å²) in [4.78, 5) is 11.7. The predicted molar refractivity (Wildman–Crippen MR) is 66.4 cm³/mol. The monoisotopic (exact) mass is 271 g/mol. The highest BCUT2D eigenvalue weighted by Crippen LogP contribution is 2.35. The molecule has 0 aliphatic carbocycles. The maximum absolute atomic E-state index is 11.7. The second kappa shape index (κ2) is 3.85. The number of fused-ring (bicyclic) bond motifs is 1. The molecule has 90 valence electrons. The summed E-state index contributed by atoms with van der Waals surface area (Å²) in [5.41, 5.74) is 2.51. The van der Waals surface area contributed by atoms with Gasteiger partial charge in [0.1, 0.15) is 0 Å². The summed E-state index contributed by atoms with van der Waals surface area (Å²) in [6, 6.07) is 4.33. The van der Waals surface area contributed by atoms with Gasteiger partial charge in [-0.15, -0.1) is 0 Å². The van der Waals surface area contributed by atoms with Crippen LogP contribution in [0.2, 0.25) is 0 Å². The van der Waals surface area contributed by atoms with Crippen LogP contribution in [0.1, 0.15) is 19.4 Å². The average Bonchev–Trinajstić information content (AvgIpc) is 2.50. The van der Waals surface area contributed by atoms with E-state index in [9.17, 15) is 13.2 Å². The van der Waals surface area contributed by atoms with Crippen LogP contribution in [0.4, 0.5) is 5.69 Å². The molecule has 17 heavy (non-hydrogen) atoms. The number of anilines is 1. The van der Waals surface area contributed by atoms with E-state index in [1.54, 1.807) is 19.9 Å². The molecule has 1 N–H and O–H groups in total. The second-order valence-electron chi connectivity index (χ2n) is 3.97. The molecule has 1 aromatic carbocycles. The standard InChI is InChI=1S/C11H10ClNO3S/c1-6(2)10-8-5-7(17(12,15)16)3-4-9(8)13-11(10)14/h3-5H,1-2H3,(H,13,14). The maximum Gasteiger partial charge on any atom is 0.261 e. The Bertz CT molecular complexity index is 643. The second-order valence-corrected chi connectivity index (χ2v) is 6.54. The minimum Gasteiger partial charge on any atom is -0.321 e. The highest BCUT2D eigenvalue weighted by Gasteiger charge is 2.26. The molecule has 0 radical (unpaired) electrons. The minimum atomic E-state index is -3.78. The first-order valence-corrected chi connectivity index (χ1v) is 7.19. The minimum absolute atomic E-state index is 0.00633. The van der Waals surface area contributed by atoms with Crippen molar-refractivity contribution in [1.82, 2.24) is 0 Å². The maximum atomic E-state index is 11.7. The van der Waals surface area contributed by atoms with Crippen LogP contribution in [0.3, 0.4) is 0 Å². The van der Waals surface area contributed by atoms with E-state index in [1.165, 1.54) is 12.1 Å². The van der Waals surface area contributed by atoms with E-state index in [1.807, 2.05) is 0 Å². The van der Waals surface area contributed by atoms with Gasteiger partial charge in [0, 0.05) is 27.5 Å². The average molecular weight is 272 g/mol. The van der Waals surface area contributed by atoms with Gasteiger partial charge < -0.3 is 5.32 Å². The van der Waals surface area contributed by atoms with E-state index in [2.05, 4.69) is 5.32 Å². The third-order valence-corrected chi connectivity index (χ3v) is 3.87. The van der Waals surface area contributed by atoms with E-state index in [-0.39, 0.29) is 10.8 Å². The van der Waals surface area contributed by atoms with Gasteiger partial charge in [-0.3, -0.25) is 4.79 Å². The van der Waals surface area contributed by atoms with Crippen LogP contribution in [0.25, 0.3) is 5.57 Å². The molecule has 6 heteroatoms. The van der Waals surface area contributed by atoms with Crippen LogP contribution in [0, 0.1) is 0 Å². The third kappa shape index (κ3) is 2.08. The molecule has 1 aromatic rings. The zero-order valence-electron chi connectivity index (χ0n) is 9.24. The van der Waals surface area contributed by atoms with Crippen LogP contribution in [-0.2, 0) is 13.8 Å². The lowest BCUT2D eigenvalue weighted by Crippen LogP contribution is -2.04. The molecule has 0 bridgehead atoms. The van der Waals surface area contributed by atoms with Gasteiger partial charge in [0.25, 0.3) is 15.0 Å². The SMILES string of the molecule is CC(C)=C1C(=O)Nc2ccc(S(=O)(=O)Cl)cc21. The summed E-state index contributed by atoms with van der Waals surface area (Å²) in [7, 11) is 1.49. The first-order chi connectivity index (χ1) is 7.80. The van der Waals surface area contributed by atoms with Gasteiger partial charge in [0.15, 0.2) is 0 Å². The molecular formula is C11H10ClNO3S. The summed E-state index contributed by atoms with van der Waals surface area (Å²) < 4.78 is 22.5. The smallest absolute Gasteiger partial charge is 0.261 e. The number of carbonyl (C=O) groups is 1. The number of rotatable bonds is 1. The normalized spacial score (nSPS) is 14.5. The Morgan fingerprint density at radius 3 is 2.47 bits per heavy atom. The van der Waals surface area contributed by atoms with Gasteiger partial charge in [-0.1, -0.05) is 5.57 Å². The summed E-state index contributed by atoms with van der Waals surface area (Å²) in [6.45, 7) is 3.60. The largest absolute Gasteiger partial charge is 0.321 e. The lowest BCUT2D eigenvalue weighted by Gasteiger charge is -2.02. The summed E-state index contributed by atoms with van der Waals surface area (Å²) in [5.74, 6) is -0.218. The number of amides is 1. The Labute approximate surface area is 104 Å². The van der Waals surface area contributed by atoms with Crippen molar-refractivity contribution in [3.63, 3.8) is 0 Å². The number of allylic oxidation sites excluding steroid dienone is 1. The Kier molecular flexibility index (Phi) is 2.75. The lowest BCUT2D eigenvalue weighted by atomic mass is 10.0. The molecule has 0 aromatic heterocycles. The highest BCUT2D eigenvalue weighted by molar-refractivity contribution is 8.13. The Morgan fingerprint density at radius 2 is 1.94 bits per heavy atom. The van der Waals surface area contributed by atoms with Crippen LogP contribution in [0.5, 0.6) is 0 Å². The van der Waals surface area contributed by atoms with Gasteiger partial charge in [-0.2, -0.15) is 0 Å². The molecule has 1 aliphatic rings. The van der Waals surface area contributed by atoms with Gasteiger partial charge in [-0.05, 0) is 32.0 Å². The van der Waals surface area contributed by atoms with Crippen LogP contribution >= 0.6 is 10.7 Å². The number of carbonyl (C=O) groups excluding carboxylic acids is 1. The molecule has 1 aliphatic heterocycles. The third-order valence-electron chi connectivity index (χ3n) is 2.52. The van der Waals surface area contributed by atoms with Gasteiger partial charge >= 0.3 is 0 Å². The Hall–Kier alpha value is -1.33. The summed E-state index contributed by atoms with van der Waals surface area (Å²) in [6.07, 6.45) is 0. The quantitative estimate of drug-likeness (QED) is 0.630. The molecular weight excluding hydrogens is 262 g/mol. The number of hydrogen-bond donors (Lipinski definition) is 1. The van der Waals surface area contributed by atoms with Crippen molar-refractivity contribution >= 4 is 36.9 Å². The number of hydrogen-bond acceptors (Lipinski definition) is 3. The summed E-state index contributed by atoms with van der Waals surface area (Å²) in [5, 5.41) is 2.67. The van der Waals surface area contributed by atoms with Crippen molar-refractivity contribution in [1.29, 1.82) is 0 Å². The fraction of sp³-hybridized carbons (Fsp3) is 0.182. The van der Waals surface area contributed by atoms with E-state index >= 15 is 0 Å². The number of benzene rings is 1. The molecule has 0 saturated heterocycles. The topological polar surface area (TPSA) is 63.2 Å². The first kappa shape index (κ1) is 12.1. The lowest BCUT2D eigenvalue weighted by molar-refractivity contribution is -0.110. The molecule has 1 amide bonds. The van der Waals surface area contributed by atoms with E-state index in [4.69, 9.17) is 10.7 Å². The molecule has 0 spiro atoms. The zero-order valence-corrected chi connectivity index (χ0v) is 10.8.